The normalized spacial score (nSPS) is 32.7. The number of fused-ring (bicyclic) bond motifs is 2. The van der Waals surface area contributed by atoms with Gasteiger partial charge in [0.1, 0.15) is 5.82 Å². The molecule has 0 aromatic heterocycles. The first kappa shape index (κ1) is 19.0. The number of benzene rings is 1. The van der Waals surface area contributed by atoms with Crippen molar-refractivity contribution in [2.24, 2.45) is 5.92 Å². The van der Waals surface area contributed by atoms with E-state index in [-0.39, 0.29) is 17.5 Å². The van der Waals surface area contributed by atoms with E-state index in [0.29, 0.717) is 31.6 Å². The molecule has 0 radical (unpaired) electrons. The summed E-state index contributed by atoms with van der Waals surface area (Å²) in [6.07, 6.45) is 3.81. The predicted octanol–water partition coefficient (Wildman–Crippen LogP) is 3.34. The Morgan fingerprint density at radius 3 is 2.86 bits per heavy atom. The molecular formula is C21H26FN3O3. The maximum absolute atomic E-state index is 14.6. The molecule has 6 nitrogen and oxygen atoms in total. The number of nitriles is 1. The van der Waals surface area contributed by atoms with Gasteiger partial charge in [-0.25, -0.2) is 9.18 Å². The molecule has 2 bridgehead atoms. The first-order valence-electron chi connectivity index (χ1n) is 10.1. The van der Waals surface area contributed by atoms with Crippen molar-refractivity contribution in [3.8, 4) is 6.07 Å². The molecule has 1 amide bonds. The summed E-state index contributed by atoms with van der Waals surface area (Å²) in [6.45, 7) is 1.26. The zero-order valence-corrected chi connectivity index (χ0v) is 15.9. The highest BCUT2D eigenvalue weighted by molar-refractivity contribution is 5.67. The third kappa shape index (κ3) is 3.10. The second kappa shape index (κ2) is 7.25. The lowest BCUT2D eigenvalue weighted by Gasteiger charge is -2.59. The summed E-state index contributed by atoms with van der Waals surface area (Å²) in [5.41, 5.74) is 0.176. The summed E-state index contributed by atoms with van der Waals surface area (Å²) >= 11 is 0. The highest BCUT2D eigenvalue weighted by Gasteiger charge is 2.55. The third-order valence-electron chi connectivity index (χ3n) is 6.93. The monoisotopic (exact) mass is 387 g/mol. The van der Waals surface area contributed by atoms with Gasteiger partial charge in [-0.3, -0.25) is 4.90 Å². The minimum atomic E-state index is -0.904. The Balaban J connectivity index is 1.64. The molecular weight excluding hydrogens is 361 g/mol. The van der Waals surface area contributed by atoms with Gasteiger partial charge >= 0.3 is 6.09 Å². The first-order chi connectivity index (χ1) is 13.4. The Kier molecular flexibility index (Phi) is 4.92. The molecule has 4 rings (SSSR count). The van der Waals surface area contributed by atoms with Crippen LogP contribution in [-0.4, -0.2) is 52.0 Å². The van der Waals surface area contributed by atoms with E-state index in [0.717, 1.165) is 32.1 Å². The molecule has 150 valence electrons. The van der Waals surface area contributed by atoms with Crippen LogP contribution in [0, 0.1) is 23.1 Å². The van der Waals surface area contributed by atoms with Crippen molar-refractivity contribution >= 4 is 11.8 Å². The van der Waals surface area contributed by atoms with Crippen LogP contribution in [0.1, 0.15) is 50.5 Å². The van der Waals surface area contributed by atoms with Gasteiger partial charge in [-0.1, -0.05) is 0 Å². The number of rotatable bonds is 2. The topological polar surface area (TPSA) is 87.8 Å². The fourth-order valence-electron chi connectivity index (χ4n) is 5.87. The Hall–Kier alpha value is -2.33. The second-order valence-electron chi connectivity index (χ2n) is 8.46. The number of amides is 1. The summed E-state index contributed by atoms with van der Waals surface area (Å²) in [5.74, 6) is -0.373. The molecule has 4 atom stereocenters. The van der Waals surface area contributed by atoms with Crippen molar-refractivity contribution < 1.29 is 19.4 Å². The van der Waals surface area contributed by atoms with Gasteiger partial charge in [-0.2, -0.15) is 5.26 Å². The number of halogens is 1. The van der Waals surface area contributed by atoms with E-state index < -0.39 is 23.6 Å². The lowest BCUT2D eigenvalue weighted by molar-refractivity contribution is -0.0997. The van der Waals surface area contributed by atoms with Gasteiger partial charge in [0.05, 0.1) is 29.0 Å². The van der Waals surface area contributed by atoms with Gasteiger partial charge in [-0.05, 0) is 63.1 Å². The molecule has 3 aliphatic rings. The van der Waals surface area contributed by atoms with Crippen LogP contribution < -0.4 is 4.90 Å². The molecule has 2 N–H and O–H groups in total. The molecule has 1 aromatic carbocycles. The standard InChI is InChI=1S/C21H26FN3O3/c22-18-9-14(12-23)5-6-19(18)24-8-2-3-15(13-24)21-7-1-4-16(10-17(26)11-21)25(21)20(27)28/h5-6,9,15-17,26H,1-4,7-8,10-11,13H2,(H,27,28). The molecule has 0 saturated carbocycles. The number of hydrogen-bond acceptors (Lipinski definition) is 4. The SMILES string of the molecule is N#Cc1ccc(N2CCCC(C34CCCC(CC(O)C3)N4C(=O)O)C2)c(F)c1. The van der Waals surface area contributed by atoms with Crippen LogP contribution >= 0.6 is 0 Å². The lowest BCUT2D eigenvalue weighted by Crippen LogP contribution is -2.68. The van der Waals surface area contributed by atoms with Gasteiger partial charge in [0.25, 0.3) is 0 Å². The highest BCUT2D eigenvalue weighted by atomic mass is 19.1. The second-order valence-corrected chi connectivity index (χ2v) is 8.46. The van der Waals surface area contributed by atoms with E-state index in [9.17, 15) is 19.4 Å². The van der Waals surface area contributed by atoms with E-state index >= 15 is 0 Å². The average molecular weight is 387 g/mol. The summed E-state index contributed by atoms with van der Waals surface area (Å²) in [6, 6.07) is 6.33. The molecule has 28 heavy (non-hydrogen) atoms. The van der Waals surface area contributed by atoms with Gasteiger partial charge in [0.15, 0.2) is 0 Å². The Labute approximate surface area is 164 Å². The zero-order valence-electron chi connectivity index (χ0n) is 15.9. The fraction of sp³-hybridized carbons (Fsp3) is 0.619. The summed E-state index contributed by atoms with van der Waals surface area (Å²) in [5, 5.41) is 29.4. The molecule has 4 unspecified atom stereocenters. The molecule has 3 heterocycles. The zero-order chi connectivity index (χ0) is 19.9. The van der Waals surface area contributed by atoms with Crippen LogP contribution in [0.5, 0.6) is 0 Å². The van der Waals surface area contributed by atoms with Gasteiger partial charge < -0.3 is 15.1 Å². The minimum absolute atomic E-state index is 0.0464. The van der Waals surface area contributed by atoms with E-state index in [1.165, 1.54) is 6.07 Å². The van der Waals surface area contributed by atoms with Crippen LogP contribution in [-0.2, 0) is 0 Å². The molecule has 3 saturated heterocycles. The Morgan fingerprint density at radius 1 is 1.32 bits per heavy atom. The van der Waals surface area contributed by atoms with Crippen molar-refractivity contribution in [1.29, 1.82) is 5.26 Å². The smallest absolute Gasteiger partial charge is 0.408 e. The first-order valence-corrected chi connectivity index (χ1v) is 10.1. The summed E-state index contributed by atoms with van der Waals surface area (Å²) in [7, 11) is 0. The maximum atomic E-state index is 14.6. The van der Waals surface area contributed by atoms with Gasteiger partial charge in [0, 0.05) is 25.0 Å². The Bertz CT molecular complexity index is 811. The number of aliphatic hydroxyl groups is 1. The fourth-order valence-corrected chi connectivity index (χ4v) is 5.87. The third-order valence-corrected chi connectivity index (χ3v) is 6.93. The number of hydrogen-bond donors (Lipinski definition) is 2. The van der Waals surface area contributed by atoms with E-state index in [4.69, 9.17) is 5.26 Å². The van der Waals surface area contributed by atoms with Crippen molar-refractivity contribution in [3.63, 3.8) is 0 Å². The largest absolute Gasteiger partial charge is 0.465 e. The van der Waals surface area contributed by atoms with E-state index in [2.05, 4.69) is 0 Å². The summed E-state index contributed by atoms with van der Waals surface area (Å²) < 4.78 is 14.6. The van der Waals surface area contributed by atoms with Gasteiger partial charge in [-0.15, -0.1) is 0 Å². The highest BCUT2D eigenvalue weighted by Crippen LogP contribution is 2.49. The average Bonchev–Trinajstić information content (AvgIpc) is 2.67. The Morgan fingerprint density at radius 2 is 2.14 bits per heavy atom. The van der Waals surface area contributed by atoms with Crippen molar-refractivity contribution in [2.75, 3.05) is 18.0 Å². The van der Waals surface area contributed by atoms with Gasteiger partial charge in [0.2, 0.25) is 0 Å². The van der Waals surface area contributed by atoms with Crippen LogP contribution in [0.15, 0.2) is 18.2 Å². The quantitative estimate of drug-likeness (QED) is 0.813. The number of aliphatic hydroxyl groups excluding tert-OH is 1. The van der Waals surface area contributed by atoms with Crippen LogP contribution in [0.2, 0.25) is 0 Å². The number of anilines is 1. The number of piperidine rings is 3. The number of carboxylic acid groups (broad SMARTS) is 1. The molecule has 0 aliphatic carbocycles. The minimum Gasteiger partial charge on any atom is -0.465 e. The molecule has 7 heteroatoms. The lowest BCUT2D eigenvalue weighted by atomic mass is 9.64. The number of carbonyl (C=O) groups is 1. The summed E-state index contributed by atoms with van der Waals surface area (Å²) in [4.78, 5) is 15.7. The number of nitrogens with zero attached hydrogens (tertiary/aromatic N) is 3. The maximum Gasteiger partial charge on any atom is 0.408 e. The molecule has 3 aliphatic heterocycles. The van der Waals surface area contributed by atoms with Crippen LogP contribution in [0.25, 0.3) is 0 Å². The molecule has 3 fully saturated rings. The van der Waals surface area contributed by atoms with Crippen molar-refractivity contribution in [2.45, 2.75) is 62.6 Å². The van der Waals surface area contributed by atoms with Crippen LogP contribution in [0.3, 0.4) is 0 Å². The van der Waals surface area contributed by atoms with Crippen LogP contribution in [0.4, 0.5) is 14.9 Å². The molecule has 1 aromatic rings. The predicted molar refractivity (Wildman–Crippen MR) is 102 cm³/mol. The van der Waals surface area contributed by atoms with E-state index in [1.54, 1.807) is 17.0 Å². The van der Waals surface area contributed by atoms with Crippen molar-refractivity contribution in [3.05, 3.63) is 29.6 Å². The molecule has 0 spiro atoms. The van der Waals surface area contributed by atoms with Crippen molar-refractivity contribution in [1.82, 2.24) is 4.90 Å². The van der Waals surface area contributed by atoms with E-state index in [1.807, 2.05) is 11.0 Å².